The number of rotatable bonds is 5. The van der Waals surface area contributed by atoms with Gasteiger partial charge in [0.05, 0.1) is 30.3 Å². The molecule has 0 N–H and O–H groups in total. The zero-order valence-electron chi connectivity index (χ0n) is 15.3. The molecule has 0 amide bonds. The standard InChI is InChI=1S/C11H17N3OS.C4H4O4.2Na/c1-2-15-11-10(12-16-13-11)9-7-14-5-3-8(9)4-6-14;5-3(6)1-2-4(7)8;;/h8-9H,2-7H2,1H3;1-2H,(H,5,6)(H,7,8);;/q;;2*+1/p-2. The normalized spacial score (nSPS) is 23.2. The fourth-order valence-electron chi connectivity index (χ4n) is 3.06. The number of hydrogen-bond donors (Lipinski definition) is 0. The van der Waals surface area contributed by atoms with Crippen molar-refractivity contribution in [3.8, 4) is 5.88 Å². The van der Waals surface area contributed by atoms with E-state index in [2.05, 4.69) is 13.6 Å². The molecule has 4 rings (SSSR count). The first-order valence-electron chi connectivity index (χ1n) is 7.78. The first kappa shape index (κ1) is 26.0. The average Bonchev–Trinajstić information content (AvgIpc) is 3.03. The van der Waals surface area contributed by atoms with Gasteiger partial charge < -0.3 is 29.4 Å². The third kappa shape index (κ3) is 7.93. The van der Waals surface area contributed by atoms with Crippen molar-refractivity contribution in [1.29, 1.82) is 0 Å². The monoisotopic (exact) mass is 399 g/mol. The van der Waals surface area contributed by atoms with Gasteiger partial charge in [0.2, 0.25) is 5.88 Å². The minimum absolute atomic E-state index is 0. The first-order chi connectivity index (χ1) is 11.5. The summed E-state index contributed by atoms with van der Waals surface area (Å²) in [6.07, 6.45) is 3.40. The van der Waals surface area contributed by atoms with Gasteiger partial charge in [-0.15, -0.1) is 4.37 Å². The van der Waals surface area contributed by atoms with Crippen LogP contribution in [0.1, 0.15) is 31.4 Å². The molecule has 0 aliphatic carbocycles. The van der Waals surface area contributed by atoms with Crippen LogP contribution in [0.25, 0.3) is 0 Å². The fraction of sp³-hybridized carbons (Fsp3) is 0.600. The van der Waals surface area contributed by atoms with Crippen LogP contribution in [0.3, 0.4) is 0 Å². The zero-order chi connectivity index (χ0) is 17.5. The third-order valence-electron chi connectivity index (χ3n) is 4.13. The molecule has 3 fully saturated rings. The van der Waals surface area contributed by atoms with E-state index in [1.165, 1.54) is 37.7 Å². The number of carbonyl (C=O) groups is 2. The summed E-state index contributed by atoms with van der Waals surface area (Å²) in [5, 5.41) is 18.8. The molecule has 3 aliphatic heterocycles. The van der Waals surface area contributed by atoms with Crippen LogP contribution in [0.5, 0.6) is 5.88 Å². The smallest absolute Gasteiger partial charge is 0.545 e. The number of aromatic nitrogens is 2. The summed E-state index contributed by atoms with van der Waals surface area (Å²) in [5.74, 6) is -0.953. The van der Waals surface area contributed by atoms with Crippen molar-refractivity contribution in [2.24, 2.45) is 5.92 Å². The molecule has 11 heteroatoms. The molecule has 8 nitrogen and oxygen atoms in total. The van der Waals surface area contributed by atoms with Gasteiger partial charge >= 0.3 is 59.1 Å². The SMILES string of the molecule is CCOc1nsnc1C1CN2CCC1CC2.O=C([O-])C=CC(=O)[O-].[Na+].[Na+]. The van der Waals surface area contributed by atoms with Crippen molar-refractivity contribution in [1.82, 2.24) is 13.6 Å². The minimum atomic E-state index is -1.55. The van der Waals surface area contributed by atoms with Gasteiger partial charge in [0.25, 0.3) is 0 Å². The van der Waals surface area contributed by atoms with E-state index < -0.39 is 11.9 Å². The van der Waals surface area contributed by atoms with Crippen LogP contribution in [0.2, 0.25) is 0 Å². The van der Waals surface area contributed by atoms with E-state index in [0.29, 0.717) is 24.7 Å². The van der Waals surface area contributed by atoms with E-state index in [9.17, 15) is 19.8 Å². The van der Waals surface area contributed by atoms with Gasteiger partial charge in [0, 0.05) is 12.5 Å². The molecule has 3 saturated heterocycles. The van der Waals surface area contributed by atoms with Crippen LogP contribution < -0.4 is 74.1 Å². The van der Waals surface area contributed by atoms with E-state index in [4.69, 9.17) is 4.74 Å². The van der Waals surface area contributed by atoms with Gasteiger partial charge in [-0.05, 0) is 50.9 Å². The Kier molecular flexibility index (Phi) is 13.2. The van der Waals surface area contributed by atoms with Gasteiger partial charge in [-0.3, -0.25) is 0 Å². The van der Waals surface area contributed by atoms with Crippen molar-refractivity contribution < 1.29 is 83.7 Å². The molecule has 1 aromatic heterocycles. The molecule has 0 aromatic carbocycles. The van der Waals surface area contributed by atoms with Crippen LogP contribution in [0, 0.1) is 5.92 Å². The van der Waals surface area contributed by atoms with E-state index in [1.54, 1.807) is 0 Å². The maximum atomic E-state index is 9.41. The molecule has 0 saturated carbocycles. The topological polar surface area (TPSA) is 119 Å². The Morgan fingerprint density at radius 2 is 1.77 bits per heavy atom. The number of fused-ring (bicyclic) bond motifs is 3. The quantitative estimate of drug-likeness (QED) is 0.354. The Hall–Kier alpha value is 0. The summed E-state index contributed by atoms with van der Waals surface area (Å²) in [4.78, 5) is 21.4. The zero-order valence-corrected chi connectivity index (χ0v) is 20.2. The summed E-state index contributed by atoms with van der Waals surface area (Å²) >= 11 is 1.28. The number of piperidine rings is 3. The van der Waals surface area contributed by atoms with Crippen molar-refractivity contribution in [2.75, 3.05) is 26.2 Å². The Morgan fingerprint density at radius 3 is 2.19 bits per heavy atom. The van der Waals surface area contributed by atoms with Gasteiger partial charge in [-0.25, -0.2) is 0 Å². The van der Waals surface area contributed by atoms with Crippen molar-refractivity contribution in [3.63, 3.8) is 0 Å². The van der Waals surface area contributed by atoms with Crippen molar-refractivity contribution >= 4 is 23.7 Å². The maximum absolute atomic E-state index is 9.41. The van der Waals surface area contributed by atoms with Crippen LogP contribution in [0.15, 0.2) is 12.2 Å². The number of carboxylic acid groups (broad SMARTS) is 2. The van der Waals surface area contributed by atoms with E-state index in [-0.39, 0.29) is 59.1 Å². The second kappa shape index (κ2) is 13.2. The molecule has 26 heavy (non-hydrogen) atoms. The number of hydrogen-bond acceptors (Lipinski definition) is 9. The summed E-state index contributed by atoms with van der Waals surface area (Å²) in [6.45, 7) is 6.36. The van der Waals surface area contributed by atoms with Gasteiger partial charge in [0.1, 0.15) is 5.69 Å². The first-order valence-corrected chi connectivity index (χ1v) is 8.52. The largest absolute Gasteiger partial charge is 1.00 e. The second-order valence-corrected chi connectivity index (χ2v) is 6.13. The molecular weight excluding hydrogens is 380 g/mol. The number of carbonyl (C=O) groups excluding carboxylic acids is 2. The van der Waals surface area contributed by atoms with Gasteiger partial charge in [-0.2, -0.15) is 4.37 Å². The number of carboxylic acids is 2. The predicted molar refractivity (Wildman–Crippen MR) is 82.1 cm³/mol. The molecule has 132 valence electrons. The molecule has 1 atom stereocenters. The fourth-order valence-corrected chi connectivity index (χ4v) is 3.62. The van der Waals surface area contributed by atoms with E-state index in [1.807, 2.05) is 6.92 Å². The number of nitrogens with zero attached hydrogens (tertiary/aromatic N) is 3. The Balaban J connectivity index is 0.000000547. The molecule has 2 bridgehead atoms. The van der Waals surface area contributed by atoms with Crippen LogP contribution >= 0.6 is 11.7 Å². The van der Waals surface area contributed by atoms with Gasteiger partial charge in [-0.1, -0.05) is 0 Å². The molecule has 0 radical (unpaired) electrons. The van der Waals surface area contributed by atoms with Crippen LogP contribution in [-0.2, 0) is 9.59 Å². The summed E-state index contributed by atoms with van der Waals surface area (Å²) < 4.78 is 14.3. The number of aliphatic carboxylic acids is 2. The van der Waals surface area contributed by atoms with Crippen LogP contribution in [-0.4, -0.2) is 51.8 Å². The minimum Gasteiger partial charge on any atom is -0.545 e. The summed E-state index contributed by atoms with van der Waals surface area (Å²) in [6, 6.07) is 0. The molecule has 3 aliphatic rings. The molecular formula is C15H19N3Na2O5S. The summed E-state index contributed by atoms with van der Waals surface area (Å²) in [5.41, 5.74) is 1.11. The average molecular weight is 399 g/mol. The summed E-state index contributed by atoms with van der Waals surface area (Å²) in [7, 11) is 0. The third-order valence-corrected chi connectivity index (χ3v) is 4.65. The second-order valence-electron chi connectivity index (χ2n) is 5.60. The van der Waals surface area contributed by atoms with Crippen LogP contribution in [0.4, 0.5) is 0 Å². The van der Waals surface area contributed by atoms with E-state index in [0.717, 1.165) is 24.0 Å². The maximum Gasteiger partial charge on any atom is 1.00 e. The molecule has 1 aromatic rings. The molecule has 1 unspecified atom stereocenters. The predicted octanol–water partition coefficient (Wildman–Crippen LogP) is -7.20. The van der Waals surface area contributed by atoms with Crippen molar-refractivity contribution in [2.45, 2.75) is 25.7 Å². The van der Waals surface area contributed by atoms with Crippen molar-refractivity contribution in [3.05, 3.63) is 17.8 Å². The Morgan fingerprint density at radius 1 is 1.19 bits per heavy atom. The Labute approximate surface area is 200 Å². The molecule has 4 heterocycles. The number of ether oxygens (including phenoxy) is 1. The van der Waals surface area contributed by atoms with E-state index >= 15 is 0 Å². The molecule has 0 spiro atoms. The Bertz CT molecular complexity index is 590. The van der Waals surface area contributed by atoms with Gasteiger partial charge in [0.15, 0.2) is 0 Å².